The van der Waals surface area contributed by atoms with Crippen molar-refractivity contribution in [2.45, 2.75) is 18.4 Å². The number of anilines is 3. The SMILES string of the molecule is Nc1ccc(NCC2(O)CCOCC2)cc1N. The number of benzene rings is 1. The monoisotopic (exact) mass is 237 g/mol. The number of nitrogens with one attached hydrogen (secondary N) is 1. The molecule has 0 aromatic heterocycles. The van der Waals surface area contributed by atoms with E-state index in [1.807, 2.05) is 6.07 Å². The summed E-state index contributed by atoms with van der Waals surface area (Å²) >= 11 is 0. The van der Waals surface area contributed by atoms with Crippen LogP contribution in [0.25, 0.3) is 0 Å². The van der Waals surface area contributed by atoms with Gasteiger partial charge in [-0.2, -0.15) is 0 Å². The van der Waals surface area contributed by atoms with Crippen LogP contribution in [0.4, 0.5) is 17.1 Å². The summed E-state index contributed by atoms with van der Waals surface area (Å²) < 4.78 is 5.23. The second-order valence-corrected chi connectivity index (χ2v) is 4.53. The summed E-state index contributed by atoms with van der Waals surface area (Å²) in [5.41, 5.74) is 12.7. The number of hydrogen-bond acceptors (Lipinski definition) is 5. The van der Waals surface area contributed by atoms with Crippen molar-refractivity contribution in [3.05, 3.63) is 18.2 Å². The van der Waals surface area contributed by atoms with E-state index in [0.29, 0.717) is 44.0 Å². The molecule has 0 radical (unpaired) electrons. The molecule has 2 rings (SSSR count). The zero-order valence-corrected chi connectivity index (χ0v) is 9.78. The second kappa shape index (κ2) is 4.81. The second-order valence-electron chi connectivity index (χ2n) is 4.53. The first-order valence-electron chi connectivity index (χ1n) is 5.78. The third kappa shape index (κ3) is 3.01. The molecule has 0 bridgehead atoms. The Morgan fingerprint density at radius 2 is 1.94 bits per heavy atom. The predicted molar refractivity (Wildman–Crippen MR) is 68.8 cm³/mol. The highest BCUT2D eigenvalue weighted by Crippen LogP contribution is 2.23. The van der Waals surface area contributed by atoms with Gasteiger partial charge < -0.3 is 26.6 Å². The van der Waals surface area contributed by atoms with E-state index in [1.165, 1.54) is 0 Å². The molecule has 1 heterocycles. The predicted octanol–water partition coefficient (Wildman–Crippen LogP) is 0.804. The molecule has 0 spiro atoms. The Morgan fingerprint density at radius 3 is 2.59 bits per heavy atom. The van der Waals surface area contributed by atoms with Crippen LogP contribution in [-0.2, 0) is 4.74 Å². The van der Waals surface area contributed by atoms with Crippen LogP contribution in [0.1, 0.15) is 12.8 Å². The van der Waals surface area contributed by atoms with Crippen molar-refractivity contribution < 1.29 is 9.84 Å². The molecule has 0 amide bonds. The average molecular weight is 237 g/mol. The molecule has 5 heteroatoms. The van der Waals surface area contributed by atoms with Crippen molar-refractivity contribution in [3.8, 4) is 0 Å². The zero-order chi connectivity index (χ0) is 12.3. The van der Waals surface area contributed by atoms with Crippen molar-refractivity contribution >= 4 is 17.1 Å². The molecule has 1 aliphatic rings. The fourth-order valence-corrected chi connectivity index (χ4v) is 1.88. The third-order valence-electron chi connectivity index (χ3n) is 3.13. The maximum Gasteiger partial charge on any atom is 0.0863 e. The summed E-state index contributed by atoms with van der Waals surface area (Å²) in [7, 11) is 0. The van der Waals surface area contributed by atoms with E-state index < -0.39 is 5.60 Å². The van der Waals surface area contributed by atoms with Crippen molar-refractivity contribution in [1.29, 1.82) is 0 Å². The van der Waals surface area contributed by atoms with E-state index in [-0.39, 0.29) is 0 Å². The van der Waals surface area contributed by atoms with E-state index in [9.17, 15) is 5.11 Å². The highest BCUT2D eigenvalue weighted by atomic mass is 16.5. The number of rotatable bonds is 3. The van der Waals surface area contributed by atoms with Crippen molar-refractivity contribution in [2.75, 3.05) is 36.5 Å². The van der Waals surface area contributed by atoms with E-state index in [4.69, 9.17) is 16.2 Å². The Bertz CT molecular complexity index is 389. The van der Waals surface area contributed by atoms with Gasteiger partial charge >= 0.3 is 0 Å². The van der Waals surface area contributed by atoms with Crippen LogP contribution in [0.2, 0.25) is 0 Å². The third-order valence-corrected chi connectivity index (χ3v) is 3.13. The van der Waals surface area contributed by atoms with Gasteiger partial charge in [0.15, 0.2) is 0 Å². The van der Waals surface area contributed by atoms with E-state index in [1.54, 1.807) is 12.1 Å². The zero-order valence-electron chi connectivity index (χ0n) is 9.78. The smallest absolute Gasteiger partial charge is 0.0863 e. The first kappa shape index (κ1) is 12.0. The first-order valence-corrected chi connectivity index (χ1v) is 5.78. The van der Waals surface area contributed by atoms with Gasteiger partial charge in [0.2, 0.25) is 0 Å². The first-order chi connectivity index (χ1) is 8.09. The molecule has 17 heavy (non-hydrogen) atoms. The molecule has 1 aliphatic heterocycles. The lowest BCUT2D eigenvalue weighted by Gasteiger charge is -2.32. The summed E-state index contributed by atoms with van der Waals surface area (Å²) in [6, 6.07) is 5.39. The van der Waals surface area contributed by atoms with Gasteiger partial charge in [0.1, 0.15) is 0 Å². The Morgan fingerprint density at radius 1 is 1.24 bits per heavy atom. The van der Waals surface area contributed by atoms with E-state index in [0.717, 1.165) is 5.69 Å². The van der Waals surface area contributed by atoms with Gasteiger partial charge in [-0.25, -0.2) is 0 Å². The van der Waals surface area contributed by atoms with Gasteiger partial charge in [-0.15, -0.1) is 0 Å². The van der Waals surface area contributed by atoms with Crippen LogP contribution >= 0.6 is 0 Å². The van der Waals surface area contributed by atoms with Crippen LogP contribution in [0.15, 0.2) is 18.2 Å². The minimum atomic E-state index is -0.686. The maximum absolute atomic E-state index is 10.3. The Hall–Kier alpha value is -1.46. The lowest BCUT2D eigenvalue weighted by molar-refractivity contribution is -0.0543. The Balaban J connectivity index is 1.94. The van der Waals surface area contributed by atoms with Crippen LogP contribution in [0.5, 0.6) is 0 Å². The van der Waals surface area contributed by atoms with E-state index in [2.05, 4.69) is 5.32 Å². The summed E-state index contributed by atoms with van der Waals surface area (Å²) in [5.74, 6) is 0. The fraction of sp³-hybridized carbons (Fsp3) is 0.500. The molecular formula is C12H19N3O2. The van der Waals surface area contributed by atoms with Crippen LogP contribution in [-0.4, -0.2) is 30.5 Å². The lowest BCUT2D eigenvalue weighted by Crippen LogP contribution is -2.42. The number of nitrogens with two attached hydrogens (primary N) is 2. The molecule has 1 aromatic rings. The number of hydrogen-bond donors (Lipinski definition) is 4. The molecule has 0 unspecified atom stereocenters. The molecule has 0 atom stereocenters. The summed E-state index contributed by atoms with van der Waals surface area (Å²) in [4.78, 5) is 0. The highest BCUT2D eigenvalue weighted by Gasteiger charge is 2.29. The van der Waals surface area contributed by atoms with Gasteiger partial charge in [-0.1, -0.05) is 0 Å². The molecular weight excluding hydrogens is 218 g/mol. The topological polar surface area (TPSA) is 93.5 Å². The normalized spacial score (nSPS) is 18.9. The van der Waals surface area contributed by atoms with Gasteiger partial charge in [0, 0.05) is 38.3 Å². The average Bonchev–Trinajstić information content (AvgIpc) is 2.32. The minimum Gasteiger partial charge on any atom is -0.397 e. The molecule has 5 nitrogen and oxygen atoms in total. The summed E-state index contributed by atoms with van der Waals surface area (Å²) in [6.45, 7) is 1.73. The standard InChI is InChI=1S/C12H19N3O2/c13-10-2-1-9(7-11(10)14)15-8-12(16)3-5-17-6-4-12/h1-2,7,15-16H,3-6,8,13-14H2. The number of ether oxygens (including phenoxy) is 1. The van der Waals surface area contributed by atoms with Crippen molar-refractivity contribution in [2.24, 2.45) is 0 Å². The molecule has 0 aliphatic carbocycles. The van der Waals surface area contributed by atoms with Crippen LogP contribution in [0.3, 0.4) is 0 Å². The molecule has 94 valence electrons. The van der Waals surface area contributed by atoms with Crippen LogP contribution in [0, 0.1) is 0 Å². The summed E-state index contributed by atoms with van der Waals surface area (Å²) in [6.07, 6.45) is 1.31. The summed E-state index contributed by atoms with van der Waals surface area (Å²) in [5, 5.41) is 13.4. The molecule has 1 saturated heterocycles. The highest BCUT2D eigenvalue weighted by molar-refractivity contribution is 5.69. The number of nitrogen functional groups attached to an aromatic ring is 2. The quantitative estimate of drug-likeness (QED) is 0.584. The lowest BCUT2D eigenvalue weighted by atomic mass is 9.94. The molecule has 1 aromatic carbocycles. The Kier molecular flexibility index (Phi) is 3.40. The Labute approximate surface area is 101 Å². The number of aliphatic hydroxyl groups is 1. The van der Waals surface area contributed by atoms with Gasteiger partial charge in [-0.05, 0) is 18.2 Å². The van der Waals surface area contributed by atoms with Crippen molar-refractivity contribution in [1.82, 2.24) is 0 Å². The molecule has 6 N–H and O–H groups in total. The van der Waals surface area contributed by atoms with Gasteiger partial charge in [-0.3, -0.25) is 0 Å². The van der Waals surface area contributed by atoms with Gasteiger partial charge in [0.05, 0.1) is 17.0 Å². The molecule has 1 fully saturated rings. The van der Waals surface area contributed by atoms with Crippen molar-refractivity contribution in [3.63, 3.8) is 0 Å². The van der Waals surface area contributed by atoms with Crippen LogP contribution < -0.4 is 16.8 Å². The van der Waals surface area contributed by atoms with E-state index >= 15 is 0 Å². The molecule has 0 saturated carbocycles. The fourth-order valence-electron chi connectivity index (χ4n) is 1.88. The van der Waals surface area contributed by atoms with Gasteiger partial charge in [0.25, 0.3) is 0 Å². The largest absolute Gasteiger partial charge is 0.397 e. The minimum absolute atomic E-state index is 0.500. The maximum atomic E-state index is 10.3.